The predicted molar refractivity (Wildman–Crippen MR) is 83.9 cm³/mol. The van der Waals surface area contributed by atoms with E-state index in [1.165, 1.54) is 0 Å². The normalized spacial score (nSPS) is 20.2. The quantitative estimate of drug-likeness (QED) is 0.209. The smallest absolute Gasteiger partial charge is 0.350 e. The minimum Gasteiger partial charge on any atom is -0.388 e. The molecule has 0 amide bonds. The molecule has 2 unspecified atom stereocenters. The van der Waals surface area contributed by atoms with E-state index in [1.807, 2.05) is 0 Å². The van der Waals surface area contributed by atoms with E-state index >= 15 is 0 Å². The van der Waals surface area contributed by atoms with Gasteiger partial charge in [0.1, 0.15) is 6.10 Å². The number of ether oxygens (including phenoxy) is 1. The molecule has 0 N–H and O–H groups in total. The highest BCUT2D eigenvalue weighted by Crippen LogP contribution is 2.38. The van der Waals surface area contributed by atoms with Crippen LogP contribution in [0.25, 0.3) is 0 Å². The van der Waals surface area contributed by atoms with E-state index < -0.39 is 43.4 Å². The van der Waals surface area contributed by atoms with Gasteiger partial charge in [0.15, 0.2) is 14.1 Å². The van der Waals surface area contributed by atoms with Crippen molar-refractivity contribution in [3.05, 3.63) is 11.9 Å². The first-order valence-electron chi connectivity index (χ1n) is 7.52. The molecule has 0 spiro atoms. The van der Waals surface area contributed by atoms with Gasteiger partial charge < -0.3 is 9.16 Å². The van der Waals surface area contributed by atoms with Gasteiger partial charge in [0.2, 0.25) is 6.29 Å². The van der Waals surface area contributed by atoms with Crippen LogP contribution in [-0.4, -0.2) is 25.5 Å². The third-order valence-electron chi connectivity index (χ3n) is 3.51. The summed E-state index contributed by atoms with van der Waals surface area (Å²) in [6.07, 6.45) is -3.08. The number of rotatable bonds is 7. The lowest BCUT2D eigenvalue weighted by atomic mass is 9.85. The number of halogens is 6. The van der Waals surface area contributed by atoms with Crippen molar-refractivity contribution >= 4 is 24.2 Å². The molecule has 0 aliphatic heterocycles. The monoisotopic (exact) mass is 424 g/mol. The molecule has 0 heterocycles. The van der Waals surface area contributed by atoms with Gasteiger partial charge in [0.05, 0.1) is 0 Å². The van der Waals surface area contributed by atoms with Crippen LogP contribution in [0.4, 0.5) is 22.0 Å². The lowest BCUT2D eigenvalue weighted by Crippen LogP contribution is -2.45. The Hall–Kier alpha value is 0.00688. The molecule has 1 aliphatic carbocycles. The standard InChI is InChI=1S/C14H22BrF5O2Si/c1-23(2,3)22-13(14(15,19)20)21-11(10(16)12(17)18)9-7-5-4-6-8-9/h9,11,13H,4-8H2,1-3H3. The summed E-state index contributed by atoms with van der Waals surface area (Å²) < 4.78 is 76.9. The second-order valence-corrected chi connectivity index (χ2v) is 12.2. The highest BCUT2D eigenvalue weighted by Gasteiger charge is 2.45. The van der Waals surface area contributed by atoms with Gasteiger partial charge in [0, 0.05) is 0 Å². The van der Waals surface area contributed by atoms with Crippen LogP contribution >= 0.6 is 15.9 Å². The number of hydrogen-bond acceptors (Lipinski definition) is 2. The van der Waals surface area contributed by atoms with Crippen molar-refractivity contribution in [1.29, 1.82) is 0 Å². The molecule has 2 atom stereocenters. The average molecular weight is 425 g/mol. The molecular weight excluding hydrogens is 403 g/mol. The minimum absolute atomic E-state index is 0.457. The molecule has 0 aromatic carbocycles. The Labute approximate surface area is 142 Å². The lowest BCUT2D eigenvalue weighted by Gasteiger charge is -2.35. The molecule has 9 heteroatoms. The highest BCUT2D eigenvalue weighted by atomic mass is 79.9. The van der Waals surface area contributed by atoms with Crippen molar-refractivity contribution in [3.63, 3.8) is 0 Å². The molecule has 136 valence electrons. The topological polar surface area (TPSA) is 18.5 Å². The summed E-state index contributed by atoms with van der Waals surface area (Å²) >= 11 is 2.15. The van der Waals surface area contributed by atoms with E-state index in [9.17, 15) is 22.0 Å². The minimum atomic E-state index is -3.60. The van der Waals surface area contributed by atoms with Crippen LogP contribution in [0.2, 0.25) is 19.6 Å². The third kappa shape index (κ3) is 7.19. The Morgan fingerprint density at radius 2 is 1.61 bits per heavy atom. The van der Waals surface area contributed by atoms with Crippen molar-refractivity contribution in [2.75, 3.05) is 0 Å². The molecule has 1 rings (SSSR count). The number of alkyl halides is 3. The Balaban J connectivity index is 3.02. The van der Waals surface area contributed by atoms with Gasteiger partial charge in [0.25, 0.3) is 0 Å². The maximum absolute atomic E-state index is 13.9. The van der Waals surface area contributed by atoms with Crippen LogP contribution in [0, 0.1) is 5.92 Å². The summed E-state index contributed by atoms with van der Waals surface area (Å²) in [5.74, 6) is -2.34. The van der Waals surface area contributed by atoms with Gasteiger partial charge in [-0.25, -0.2) is 4.39 Å². The Bertz CT molecular complexity index is 412. The van der Waals surface area contributed by atoms with Gasteiger partial charge in [-0.1, -0.05) is 19.3 Å². The molecule has 1 fully saturated rings. The van der Waals surface area contributed by atoms with Gasteiger partial charge in [-0.05, 0) is 54.3 Å². The van der Waals surface area contributed by atoms with Gasteiger partial charge >= 0.3 is 10.9 Å². The molecule has 23 heavy (non-hydrogen) atoms. The molecule has 0 aromatic rings. The van der Waals surface area contributed by atoms with Crippen LogP contribution in [0.15, 0.2) is 11.9 Å². The average Bonchev–Trinajstić information content (AvgIpc) is 2.41. The van der Waals surface area contributed by atoms with E-state index in [4.69, 9.17) is 9.16 Å². The van der Waals surface area contributed by atoms with Gasteiger partial charge in [-0.15, -0.1) is 0 Å². The predicted octanol–water partition coefficient (Wildman–Crippen LogP) is 6.19. The molecular formula is C14H22BrF5O2Si. The molecule has 0 aromatic heterocycles. The summed E-state index contributed by atoms with van der Waals surface area (Å²) in [5.41, 5.74) is 0. The van der Waals surface area contributed by atoms with Crippen LogP contribution < -0.4 is 0 Å². The SMILES string of the molecule is C[Si](C)(C)OC(OC(C(F)=C(F)F)C1CCCCC1)C(F)(F)Br. The second kappa shape index (κ2) is 8.40. The zero-order chi connectivity index (χ0) is 17.8. The Kier molecular flexibility index (Phi) is 7.69. The molecule has 0 radical (unpaired) electrons. The Morgan fingerprint density at radius 3 is 2.00 bits per heavy atom. The fraction of sp³-hybridized carbons (Fsp3) is 0.857. The van der Waals surface area contributed by atoms with E-state index in [0.29, 0.717) is 12.8 Å². The molecule has 1 aliphatic rings. The summed E-state index contributed by atoms with van der Waals surface area (Å²) in [6, 6.07) is 0. The number of hydrogen-bond donors (Lipinski definition) is 0. The summed E-state index contributed by atoms with van der Waals surface area (Å²) in [6.45, 7) is 4.96. The molecule has 0 saturated heterocycles. The fourth-order valence-electron chi connectivity index (χ4n) is 2.55. The van der Waals surface area contributed by atoms with E-state index in [0.717, 1.165) is 19.3 Å². The Morgan fingerprint density at radius 1 is 1.09 bits per heavy atom. The lowest BCUT2D eigenvalue weighted by molar-refractivity contribution is -0.208. The van der Waals surface area contributed by atoms with Crippen LogP contribution in [0.1, 0.15) is 32.1 Å². The first kappa shape index (κ1) is 21.1. The van der Waals surface area contributed by atoms with Gasteiger partial charge in [-0.2, -0.15) is 17.6 Å². The van der Waals surface area contributed by atoms with Crippen molar-refractivity contribution in [1.82, 2.24) is 0 Å². The van der Waals surface area contributed by atoms with Crippen LogP contribution in [-0.2, 0) is 9.16 Å². The third-order valence-corrected chi connectivity index (χ3v) is 4.80. The van der Waals surface area contributed by atoms with Crippen molar-refractivity contribution < 1.29 is 31.1 Å². The van der Waals surface area contributed by atoms with Crippen molar-refractivity contribution in [2.24, 2.45) is 5.92 Å². The summed E-state index contributed by atoms with van der Waals surface area (Å²) in [4.78, 5) is -3.60. The molecule has 1 saturated carbocycles. The van der Waals surface area contributed by atoms with E-state index in [2.05, 4.69) is 15.9 Å². The first-order valence-corrected chi connectivity index (χ1v) is 11.7. The second-order valence-electron chi connectivity index (χ2n) is 6.67. The summed E-state index contributed by atoms with van der Waals surface area (Å²) in [7, 11) is -2.47. The van der Waals surface area contributed by atoms with Crippen molar-refractivity contribution in [2.45, 2.75) is 69.0 Å². The largest absolute Gasteiger partial charge is 0.388 e. The molecule has 0 bridgehead atoms. The van der Waals surface area contributed by atoms with E-state index in [-0.39, 0.29) is 0 Å². The van der Waals surface area contributed by atoms with Crippen LogP contribution in [0.3, 0.4) is 0 Å². The van der Waals surface area contributed by atoms with E-state index in [1.54, 1.807) is 19.6 Å². The molecule has 2 nitrogen and oxygen atoms in total. The zero-order valence-electron chi connectivity index (χ0n) is 13.4. The van der Waals surface area contributed by atoms with Crippen molar-refractivity contribution in [3.8, 4) is 0 Å². The fourth-order valence-corrected chi connectivity index (χ4v) is 3.77. The summed E-state index contributed by atoms with van der Waals surface area (Å²) in [5, 5.41) is 0. The zero-order valence-corrected chi connectivity index (χ0v) is 15.9. The maximum atomic E-state index is 13.9. The maximum Gasteiger partial charge on any atom is 0.350 e. The first-order chi connectivity index (χ1) is 10.4. The highest BCUT2D eigenvalue weighted by molar-refractivity contribution is 9.10. The van der Waals surface area contributed by atoms with Gasteiger partial charge in [-0.3, -0.25) is 0 Å². The van der Waals surface area contributed by atoms with Crippen LogP contribution in [0.5, 0.6) is 0 Å².